The molecular formula is C26H39N5O3. The Bertz CT molecular complexity index is 865. The van der Waals surface area contributed by atoms with Gasteiger partial charge in [-0.25, -0.2) is 4.98 Å². The first kappa shape index (κ1) is 24.9. The molecule has 2 heterocycles. The Morgan fingerprint density at radius 3 is 2.56 bits per heavy atom. The lowest BCUT2D eigenvalue weighted by Gasteiger charge is -2.37. The molecule has 1 aliphatic heterocycles. The van der Waals surface area contributed by atoms with Crippen LogP contribution in [-0.2, 0) is 6.54 Å². The molecule has 2 aromatic rings. The SMILES string of the molecule is NC(O)c1ccc(NC(O)N2CCN(Cc3cccc(OCCC4CCCCC4)c3)CC2)nc1. The fourth-order valence-corrected chi connectivity index (χ4v) is 4.87. The zero-order chi connectivity index (χ0) is 23.8. The van der Waals surface area contributed by atoms with Gasteiger partial charge in [-0.2, -0.15) is 0 Å². The number of pyridine rings is 1. The number of nitrogens with one attached hydrogen (secondary N) is 1. The highest BCUT2D eigenvalue weighted by molar-refractivity contribution is 5.36. The molecule has 5 N–H and O–H groups in total. The molecular weight excluding hydrogens is 430 g/mol. The normalized spacial score (nSPS) is 20.1. The Labute approximate surface area is 202 Å². The van der Waals surface area contributed by atoms with Gasteiger partial charge in [0.2, 0.25) is 0 Å². The second-order valence-corrected chi connectivity index (χ2v) is 9.54. The maximum Gasteiger partial charge on any atom is 0.185 e. The van der Waals surface area contributed by atoms with Crippen molar-refractivity contribution in [3.8, 4) is 5.75 Å². The van der Waals surface area contributed by atoms with Gasteiger partial charge in [-0.05, 0) is 42.2 Å². The largest absolute Gasteiger partial charge is 0.494 e. The standard InChI is InChI=1S/C26H39N5O3/c27-25(32)22-9-10-24(28-18-22)29-26(33)31-14-12-30(13-15-31)19-21-7-4-8-23(17-21)34-16-11-20-5-2-1-3-6-20/h4,7-10,17-18,20,25-26,32-33H,1-3,5-6,11-16,19,27H2,(H,28,29). The van der Waals surface area contributed by atoms with Crippen LogP contribution < -0.4 is 15.8 Å². The summed E-state index contributed by atoms with van der Waals surface area (Å²) in [6.07, 6.45) is 7.69. The second kappa shape index (κ2) is 12.5. The van der Waals surface area contributed by atoms with Gasteiger partial charge in [0.25, 0.3) is 0 Å². The van der Waals surface area contributed by atoms with Crippen LogP contribution in [0.4, 0.5) is 5.82 Å². The maximum absolute atomic E-state index is 10.6. The predicted molar refractivity (Wildman–Crippen MR) is 133 cm³/mol. The van der Waals surface area contributed by atoms with Crippen molar-refractivity contribution in [3.05, 3.63) is 53.7 Å². The van der Waals surface area contributed by atoms with E-state index in [4.69, 9.17) is 10.5 Å². The van der Waals surface area contributed by atoms with Crippen molar-refractivity contribution in [1.29, 1.82) is 0 Å². The summed E-state index contributed by atoms with van der Waals surface area (Å²) in [5, 5.41) is 22.9. The van der Waals surface area contributed by atoms with E-state index in [1.54, 1.807) is 12.1 Å². The molecule has 1 saturated heterocycles. The minimum absolute atomic E-state index is 0.535. The molecule has 186 valence electrons. The molecule has 1 saturated carbocycles. The summed E-state index contributed by atoms with van der Waals surface area (Å²) >= 11 is 0. The Kier molecular flexibility index (Phi) is 9.12. The first-order valence-corrected chi connectivity index (χ1v) is 12.6. The van der Waals surface area contributed by atoms with Crippen molar-refractivity contribution >= 4 is 5.82 Å². The average molecular weight is 470 g/mol. The Balaban J connectivity index is 1.18. The van der Waals surface area contributed by atoms with Gasteiger partial charge in [-0.3, -0.25) is 9.80 Å². The van der Waals surface area contributed by atoms with Gasteiger partial charge in [0.1, 0.15) is 17.8 Å². The zero-order valence-electron chi connectivity index (χ0n) is 20.0. The molecule has 1 aromatic carbocycles. The summed E-state index contributed by atoms with van der Waals surface area (Å²) in [5.74, 6) is 2.35. The Morgan fingerprint density at radius 2 is 1.85 bits per heavy atom. The lowest BCUT2D eigenvalue weighted by atomic mass is 9.87. The first-order valence-electron chi connectivity index (χ1n) is 12.6. The van der Waals surface area contributed by atoms with Crippen LogP contribution >= 0.6 is 0 Å². The van der Waals surface area contributed by atoms with Crippen LogP contribution in [0.2, 0.25) is 0 Å². The monoisotopic (exact) mass is 469 g/mol. The van der Waals surface area contributed by atoms with E-state index in [1.165, 1.54) is 43.9 Å². The average Bonchev–Trinajstić information content (AvgIpc) is 2.86. The van der Waals surface area contributed by atoms with Crippen molar-refractivity contribution < 1.29 is 14.9 Å². The number of nitrogens with zero attached hydrogens (tertiary/aromatic N) is 3. The van der Waals surface area contributed by atoms with Crippen LogP contribution in [-0.4, -0.2) is 64.1 Å². The highest BCUT2D eigenvalue weighted by Crippen LogP contribution is 2.26. The highest BCUT2D eigenvalue weighted by atomic mass is 16.5. The molecule has 4 rings (SSSR count). The summed E-state index contributed by atoms with van der Waals surface area (Å²) in [6.45, 7) is 4.94. The van der Waals surface area contributed by atoms with Gasteiger partial charge in [0.15, 0.2) is 6.35 Å². The molecule has 34 heavy (non-hydrogen) atoms. The number of piperazine rings is 1. The van der Waals surface area contributed by atoms with Gasteiger partial charge in [-0.15, -0.1) is 0 Å². The van der Waals surface area contributed by atoms with E-state index in [9.17, 15) is 10.2 Å². The van der Waals surface area contributed by atoms with Crippen LogP contribution in [0.25, 0.3) is 0 Å². The van der Waals surface area contributed by atoms with Gasteiger partial charge in [0, 0.05) is 44.5 Å². The van der Waals surface area contributed by atoms with Gasteiger partial charge in [-0.1, -0.05) is 44.2 Å². The number of hydrogen-bond donors (Lipinski definition) is 4. The minimum atomic E-state index is -1.05. The molecule has 0 spiro atoms. The van der Waals surface area contributed by atoms with Gasteiger partial charge in [0.05, 0.1) is 6.61 Å². The molecule has 0 radical (unpaired) electrons. The minimum Gasteiger partial charge on any atom is -0.494 e. The lowest BCUT2D eigenvalue weighted by molar-refractivity contribution is -0.00848. The Hall–Kier alpha value is -2.23. The van der Waals surface area contributed by atoms with Crippen molar-refractivity contribution in [2.45, 2.75) is 57.6 Å². The number of hydrogen-bond acceptors (Lipinski definition) is 8. The van der Waals surface area contributed by atoms with Crippen LogP contribution in [0.3, 0.4) is 0 Å². The van der Waals surface area contributed by atoms with Crippen molar-refractivity contribution in [2.24, 2.45) is 11.7 Å². The van der Waals surface area contributed by atoms with Crippen LogP contribution in [0, 0.1) is 5.92 Å². The zero-order valence-corrected chi connectivity index (χ0v) is 20.0. The van der Waals surface area contributed by atoms with E-state index in [0.717, 1.165) is 57.4 Å². The molecule has 1 aliphatic carbocycles. The van der Waals surface area contributed by atoms with Gasteiger partial charge < -0.3 is 26.0 Å². The third-order valence-corrected chi connectivity index (χ3v) is 6.98. The summed E-state index contributed by atoms with van der Waals surface area (Å²) in [7, 11) is 0. The predicted octanol–water partition coefficient (Wildman–Crippen LogP) is 2.89. The van der Waals surface area contributed by atoms with E-state index >= 15 is 0 Å². The van der Waals surface area contributed by atoms with E-state index in [-0.39, 0.29) is 0 Å². The lowest BCUT2D eigenvalue weighted by Crippen LogP contribution is -2.52. The van der Waals surface area contributed by atoms with Crippen molar-refractivity contribution in [2.75, 3.05) is 38.1 Å². The van der Waals surface area contributed by atoms with E-state index in [1.807, 2.05) is 4.90 Å². The van der Waals surface area contributed by atoms with Crippen molar-refractivity contribution in [1.82, 2.24) is 14.8 Å². The first-order chi connectivity index (χ1) is 16.6. The quantitative estimate of drug-likeness (QED) is 0.394. The van der Waals surface area contributed by atoms with Crippen LogP contribution in [0.5, 0.6) is 5.75 Å². The fraction of sp³-hybridized carbons (Fsp3) is 0.577. The maximum atomic E-state index is 10.6. The van der Waals surface area contributed by atoms with Crippen molar-refractivity contribution in [3.63, 3.8) is 0 Å². The molecule has 2 atom stereocenters. The summed E-state index contributed by atoms with van der Waals surface area (Å²) in [4.78, 5) is 8.60. The second-order valence-electron chi connectivity index (χ2n) is 9.54. The fourth-order valence-electron chi connectivity index (χ4n) is 4.87. The highest BCUT2D eigenvalue weighted by Gasteiger charge is 2.22. The molecule has 2 aliphatic rings. The molecule has 1 aromatic heterocycles. The molecule has 2 unspecified atom stereocenters. The van der Waals surface area contributed by atoms with E-state index in [2.05, 4.69) is 39.5 Å². The smallest absolute Gasteiger partial charge is 0.185 e. The van der Waals surface area contributed by atoms with E-state index < -0.39 is 12.6 Å². The number of anilines is 1. The molecule has 0 amide bonds. The number of benzene rings is 1. The van der Waals surface area contributed by atoms with Gasteiger partial charge >= 0.3 is 0 Å². The number of rotatable bonds is 10. The summed E-state index contributed by atoms with van der Waals surface area (Å²) in [5.41, 5.74) is 7.23. The third kappa shape index (κ3) is 7.38. The number of aliphatic hydroxyl groups is 2. The molecule has 8 heteroatoms. The molecule has 0 bridgehead atoms. The third-order valence-electron chi connectivity index (χ3n) is 6.98. The van der Waals surface area contributed by atoms with Crippen LogP contribution in [0.15, 0.2) is 42.6 Å². The number of aromatic nitrogens is 1. The number of nitrogens with two attached hydrogens (primary N) is 1. The number of ether oxygens (including phenoxy) is 1. The molecule has 2 fully saturated rings. The Morgan fingerprint density at radius 1 is 1.06 bits per heavy atom. The topological polar surface area (TPSA) is 107 Å². The summed E-state index contributed by atoms with van der Waals surface area (Å²) < 4.78 is 6.07. The summed E-state index contributed by atoms with van der Waals surface area (Å²) in [6, 6.07) is 11.9. The molecule has 8 nitrogen and oxygen atoms in total. The van der Waals surface area contributed by atoms with Crippen LogP contribution in [0.1, 0.15) is 55.9 Å². The van der Waals surface area contributed by atoms with E-state index in [0.29, 0.717) is 11.4 Å². The number of aliphatic hydroxyl groups excluding tert-OH is 2.